The first kappa shape index (κ1) is 11.9. The number of nitrogens with zero attached hydrogens (tertiary/aromatic N) is 3. The van der Waals surface area contributed by atoms with Crippen LogP contribution in [0.5, 0.6) is 0 Å². The molecule has 0 amide bonds. The van der Waals surface area contributed by atoms with E-state index >= 15 is 0 Å². The lowest BCUT2D eigenvalue weighted by molar-refractivity contribution is 0.387. The standard InChI is InChI=1S/C11H19N5O/c1-8-14-10(16-17-8)7-13-11(12)15-9-5-3-2-4-6-9/h9H,2-7H2,1H3,(H3,12,13,15). The lowest BCUT2D eigenvalue weighted by Gasteiger charge is -2.23. The number of hydrogen-bond donors (Lipinski definition) is 2. The zero-order valence-electron chi connectivity index (χ0n) is 10.1. The Morgan fingerprint density at radius 2 is 2.24 bits per heavy atom. The van der Waals surface area contributed by atoms with Crippen LogP contribution in [0.1, 0.15) is 43.8 Å². The molecule has 1 fully saturated rings. The summed E-state index contributed by atoms with van der Waals surface area (Å²) in [6.07, 6.45) is 6.23. The second kappa shape index (κ2) is 5.65. The van der Waals surface area contributed by atoms with Crippen LogP contribution in [0.4, 0.5) is 0 Å². The molecule has 0 unspecified atom stereocenters. The molecule has 6 heteroatoms. The number of nitrogens with two attached hydrogens (primary N) is 1. The summed E-state index contributed by atoms with van der Waals surface area (Å²) in [5.74, 6) is 1.59. The molecule has 0 radical (unpaired) electrons. The third-order valence-electron chi connectivity index (χ3n) is 2.92. The second-order valence-electron chi connectivity index (χ2n) is 4.41. The molecule has 0 atom stereocenters. The molecule has 0 aliphatic heterocycles. The number of aliphatic imine (C=N–C) groups is 1. The van der Waals surface area contributed by atoms with Crippen molar-refractivity contribution in [2.75, 3.05) is 0 Å². The summed E-state index contributed by atoms with van der Waals surface area (Å²) >= 11 is 0. The van der Waals surface area contributed by atoms with E-state index in [4.69, 9.17) is 10.3 Å². The monoisotopic (exact) mass is 237 g/mol. The maximum Gasteiger partial charge on any atom is 0.223 e. The van der Waals surface area contributed by atoms with Crippen molar-refractivity contribution in [3.05, 3.63) is 11.7 Å². The highest BCUT2D eigenvalue weighted by Crippen LogP contribution is 2.16. The Balaban J connectivity index is 1.80. The molecule has 2 rings (SSSR count). The van der Waals surface area contributed by atoms with Crippen molar-refractivity contribution in [2.24, 2.45) is 10.7 Å². The van der Waals surface area contributed by atoms with Crippen LogP contribution < -0.4 is 11.1 Å². The van der Waals surface area contributed by atoms with Crippen LogP contribution in [0.15, 0.2) is 9.52 Å². The van der Waals surface area contributed by atoms with Gasteiger partial charge in [0.25, 0.3) is 0 Å². The molecule has 1 saturated carbocycles. The highest BCUT2D eigenvalue weighted by Gasteiger charge is 2.13. The Labute approximate surface area is 101 Å². The van der Waals surface area contributed by atoms with E-state index < -0.39 is 0 Å². The number of hydrogen-bond acceptors (Lipinski definition) is 4. The van der Waals surface area contributed by atoms with Crippen molar-refractivity contribution in [3.8, 4) is 0 Å². The molecule has 0 aromatic carbocycles. The number of aryl methyl sites for hydroxylation is 1. The molecule has 1 heterocycles. The van der Waals surface area contributed by atoms with Crippen molar-refractivity contribution in [3.63, 3.8) is 0 Å². The summed E-state index contributed by atoms with van der Waals surface area (Å²) in [4.78, 5) is 8.26. The average molecular weight is 237 g/mol. The Morgan fingerprint density at radius 1 is 1.47 bits per heavy atom. The summed E-state index contributed by atoms with van der Waals surface area (Å²) in [5.41, 5.74) is 5.81. The third-order valence-corrected chi connectivity index (χ3v) is 2.92. The van der Waals surface area contributed by atoms with E-state index in [0.717, 1.165) is 0 Å². The molecule has 6 nitrogen and oxygen atoms in total. The van der Waals surface area contributed by atoms with Gasteiger partial charge in [0.1, 0.15) is 6.54 Å². The lowest BCUT2D eigenvalue weighted by atomic mass is 9.96. The maximum atomic E-state index is 5.81. The molecule has 0 bridgehead atoms. The SMILES string of the molecule is Cc1nc(CN=C(N)NC2CCCCC2)no1. The smallest absolute Gasteiger partial charge is 0.223 e. The molecule has 1 aromatic heterocycles. The van der Waals surface area contributed by atoms with E-state index in [1.165, 1.54) is 32.1 Å². The minimum Gasteiger partial charge on any atom is -0.370 e. The van der Waals surface area contributed by atoms with Crippen molar-refractivity contribution in [1.82, 2.24) is 15.5 Å². The molecular weight excluding hydrogens is 218 g/mol. The van der Waals surface area contributed by atoms with Gasteiger partial charge in [0.15, 0.2) is 11.8 Å². The van der Waals surface area contributed by atoms with E-state index in [-0.39, 0.29) is 0 Å². The van der Waals surface area contributed by atoms with Gasteiger partial charge in [-0.1, -0.05) is 24.4 Å². The Morgan fingerprint density at radius 3 is 2.88 bits per heavy atom. The van der Waals surface area contributed by atoms with Crippen LogP contribution in [-0.2, 0) is 6.54 Å². The summed E-state index contributed by atoms with van der Waals surface area (Å²) < 4.78 is 4.86. The van der Waals surface area contributed by atoms with Gasteiger partial charge < -0.3 is 15.6 Å². The molecule has 1 aliphatic rings. The first-order chi connectivity index (χ1) is 8.24. The molecule has 1 aromatic rings. The van der Waals surface area contributed by atoms with E-state index in [2.05, 4.69) is 20.4 Å². The predicted molar refractivity (Wildman–Crippen MR) is 64.4 cm³/mol. The fraction of sp³-hybridized carbons (Fsp3) is 0.727. The first-order valence-corrected chi connectivity index (χ1v) is 6.09. The maximum absolute atomic E-state index is 5.81. The van der Waals surface area contributed by atoms with E-state index in [9.17, 15) is 0 Å². The summed E-state index contributed by atoms with van der Waals surface area (Å²) in [7, 11) is 0. The largest absolute Gasteiger partial charge is 0.370 e. The topological polar surface area (TPSA) is 89.3 Å². The number of aromatic nitrogens is 2. The van der Waals surface area contributed by atoms with Gasteiger partial charge in [0.2, 0.25) is 5.89 Å². The molecule has 1 aliphatic carbocycles. The third kappa shape index (κ3) is 3.72. The zero-order chi connectivity index (χ0) is 12.1. The van der Waals surface area contributed by atoms with Crippen molar-refractivity contribution in [2.45, 2.75) is 51.6 Å². The quantitative estimate of drug-likeness (QED) is 0.607. The van der Waals surface area contributed by atoms with Crippen LogP contribution in [-0.4, -0.2) is 22.1 Å². The number of guanidine groups is 1. The highest BCUT2D eigenvalue weighted by molar-refractivity contribution is 5.78. The van der Waals surface area contributed by atoms with Gasteiger partial charge in [-0.05, 0) is 12.8 Å². The minimum absolute atomic E-state index is 0.364. The number of nitrogens with one attached hydrogen (secondary N) is 1. The molecule has 0 spiro atoms. The summed E-state index contributed by atoms with van der Waals surface area (Å²) in [6, 6.07) is 0.472. The van der Waals surface area contributed by atoms with Crippen LogP contribution in [0, 0.1) is 6.92 Å². The van der Waals surface area contributed by atoms with Gasteiger partial charge in [-0.2, -0.15) is 4.98 Å². The van der Waals surface area contributed by atoms with Crippen LogP contribution >= 0.6 is 0 Å². The second-order valence-corrected chi connectivity index (χ2v) is 4.41. The van der Waals surface area contributed by atoms with Gasteiger partial charge in [0.05, 0.1) is 0 Å². The molecule has 17 heavy (non-hydrogen) atoms. The molecule has 3 N–H and O–H groups in total. The molecular formula is C11H19N5O. The lowest BCUT2D eigenvalue weighted by Crippen LogP contribution is -2.41. The predicted octanol–water partition coefficient (Wildman–Crippen LogP) is 1.12. The number of rotatable bonds is 3. The van der Waals surface area contributed by atoms with Crippen LogP contribution in [0.3, 0.4) is 0 Å². The van der Waals surface area contributed by atoms with Crippen molar-refractivity contribution < 1.29 is 4.52 Å². The Kier molecular flexibility index (Phi) is 3.95. The van der Waals surface area contributed by atoms with E-state index in [1.807, 2.05) is 0 Å². The summed E-state index contributed by atoms with van der Waals surface area (Å²) in [6.45, 7) is 2.12. The van der Waals surface area contributed by atoms with Gasteiger partial charge in [-0.25, -0.2) is 4.99 Å². The zero-order valence-corrected chi connectivity index (χ0v) is 10.1. The summed E-state index contributed by atoms with van der Waals surface area (Å²) in [5, 5.41) is 7.00. The van der Waals surface area contributed by atoms with Gasteiger partial charge >= 0.3 is 0 Å². The minimum atomic E-state index is 0.364. The normalized spacial score (nSPS) is 18.3. The van der Waals surface area contributed by atoms with Crippen LogP contribution in [0.2, 0.25) is 0 Å². The van der Waals surface area contributed by atoms with Crippen molar-refractivity contribution >= 4 is 5.96 Å². The van der Waals surface area contributed by atoms with Crippen LogP contribution in [0.25, 0.3) is 0 Å². The van der Waals surface area contributed by atoms with E-state index in [1.54, 1.807) is 6.92 Å². The fourth-order valence-electron chi connectivity index (χ4n) is 2.06. The van der Waals surface area contributed by atoms with E-state index in [0.29, 0.717) is 30.3 Å². The molecule has 0 saturated heterocycles. The highest BCUT2D eigenvalue weighted by atomic mass is 16.5. The Bertz CT molecular complexity index is 381. The first-order valence-electron chi connectivity index (χ1n) is 6.09. The average Bonchev–Trinajstić information content (AvgIpc) is 2.74. The van der Waals surface area contributed by atoms with Gasteiger partial charge in [-0.3, -0.25) is 0 Å². The fourth-order valence-corrected chi connectivity index (χ4v) is 2.06. The molecule has 94 valence electrons. The van der Waals surface area contributed by atoms with Gasteiger partial charge in [-0.15, -0.1) is 0 Å². The Hall–Kier alpha value is -1.59. The van der Waals surface area contributed by atoms with Gasteiger partial charge in [0, 0.05) is 13.0 Å². The van der Waals surface area contributed by atoms with Crippen molar-refractivity contribution in [1.29, 1.82) is 0 Å².